The second-order valence-corrected chi connectivity index (χ2v) is 7.71. The van der Waals surface area contributed by atoms with Gasteiger partial charge in [0.2, 0.25) is 5.91 Å². The second-order valence-electron chi connectivity index (χ2n) is 7.71. The lowest BCUT2D eigenvalue weighted by Crippen LogP contribution is -2.34. The van der Waals surface area contributed by atoms with Crippen molar-refractivity contribution in [3.8, 4) is 0 Å². The largest absolute Gasteiger partial charge is 0.340 e. The Bertz CT molecular complexity index is 800. The highest BCUT2D eigenvalue weighted by Gasteiger charge is 2.31. The van der Waals surface area contributed by atoms with Crippen LogP contribution in [0.25, 0.3) is 0 Å². The van der Waals surface area contributed by atoms with Gasteiger partial charge in [-0.05, 0) is 56.2 Å². The van der Waals surface area contributed by atoms with Crippen molar-refractivity contribution in [3.63, 3.8) is 0 Å². The molecule has 0 saturated carbocycles. The van der Waals surface area contributed by atoms with Gasteiger partial charge in [0.1, 0.15) is 5.82 Å². The molecule has 2 heterocycles. The Hall–Kier alpha value is -2.17. The molecule has 4 rings (SSSR count). The Kier molecular flexibility index (Phi) is 4.79. The van der Waals surface area contributed by atoms with E-state index in [4.69, 9.17) is 0 Å². The lowest BCUT2D eigenvalue weighted by molar-refractivity contribution is -0.134. The van der Waals surface area contributed by atoms with Crippen LogP contribution in [0.4, 0.5) is 4.39 Å². The molecule has 1 aliphatic carbocycles. The van der Waals surface area contributed by atoms with E-state index in [1.54, 1.807) is 6.07 Å². The highest BCUT2D eigenvalue weighted by atomic mass is 19.1. The van der Waals surface area contributed by atoms with Gasteiger partial charge in [0.15, 0.2) is 0 Å². The molecule has 1 saturated heterocycles. The molecule has 4 nitrogen and oxygen atoms in total. The number of carbonyl (C=O) groups excluding carboxylic acids is 1. The smallest absolute Gasteiger partial charge is 0.225 e. The Morgan fingerprint density at radius 2 is 2.19 bits per heavy atom. The van der Waals surface area contributed by atoms with Gasteiger partial charge in [0.05, 0.1) is 18.1 Å². The number of carbonyl (C=O) groups is 1. The monoisotopic (exact) mass is 355 g/mol. The van der Waals surface area contributed by atoms with Gasteiger partial charge in [-0.1, -0.05) is 19.1 Å². The number of aryl methyl sites for hydroxylation is 1. The Labute approximate surface area is 154 Å². The van der Waals surface area contributed by atoms with E-state index in [1.165, 1.54) is 36.4 Å². The first-order chi connectivity index (χ1) is 12.6. The minimum absolute atomic E-state index is 0.132. The molecule has 5 heteroatoms. The molecule has 0 radical (unpaired) electrons. The number of benzene rings is 1. The van der Waals surface area contributed by atoms with Crippen LogP contribution in [0.2, 0.25) is 0 Å². The normalized spacial score (nSPS) is 20.8. The molecule has 1 aromatic heterocycles. The lowest BCUT2D eigenvalue weighted by atomic mass is 10.00. The maximum absolute atomic E-state index is 13.4. The number of rotatable bonds is 4. The molecule has 2 aromatic rings. The molecular formula is C21H26FN3O. The summed E-state index contributed by atoms with van der Waals surface area (Å²) < 4.78 is 15.7. The van der Waals surface area contributed by atoms with Gasteiger partial charge in [0.25, 0.3) is 0 Å². The van der Waals surface area contributed by atoms with Gasteiger partial charge in [-0.15, -0.1) is 0 Å². The van der Waals surface area contributed by atoms with Gasteiger partial charge in [0, 0.05) is 24.7 Å². The summed E-state index contributed by atoms with van der Waals surface area (Å²) in [5.74, 6) is -0.203. The molecule has 1 amide bonds. The zero-order valence-corrected chi connectivity index (χ0v) is 15.3. The predicted molar refractivity (Wildman–Crippen MR) is 98.4 cm³/mol. The summed E-state index contributed by atoms with van der Waals surface area (Å²) in [7, 11) is 0. The molecule has 0 bridgehead atoms. The molecule has 1 aliphatic heterocycles. The first-order valence-electron chi connectivity index (χ1n) is 9.69. The lowest BCUT2D eigenvalue weighted by Gasteiger charge is -2.22. The summed E-state index contributed by atoms with van der Waals surface area (Å²) in [5.41, 5.74) is 3.51. The maximum Gasteiger partial charge on any atom is 0.225 e. The quantitative estimate of drug-likeness (QED) is 0.841. The van der Waals surface area contributed by atoms with Crippen LogP contribution in [-0.2, 0) is 24.1 Å². The van der Waals surface area contributed by atoms with Crippen molar-refractivity contribution in [2.75, 3.05) is 13.1 Å². The summed E-state index contributed by atoms with van der Waals surface area (Å²) in [6.07, 6.45) is 8.21. The zero-order valence-electron chi connectivity index (χ0n) is 15.3. The van der Waals surface area contributed by atoms with E-state index in [1.807, 2.05) is 24.2 Å². The van der Waals surface area contributed by atoms with Crippen molar-refractivity contribution in [1.82, 2.24) is 14.5 Å². The number of imidazole rings is 1. The van der Waals surface area contributed by atoms with Crippen LogP contribution in [0, 0.1) is 11.7 Å². The summed E-state index contributed by atoms with van der Waals surface area (Å²) >= 11 is 0. The van der Waals surface area contributed by atoms with Crippen LogP contribution >= 0.6 is 0 Å². The summed E-state index contributed by atoms with van der Waals surface area (Å²) in [5, 5.41) is 0. The number of halogens is 1. The van der Waals surface area contributed by atoms with Crippen molar-refractivity contribution in [3.05, 3.63) is 53.4 Å². The fourth-order valence-electron chi connectivity index (χ4n) is 4.39. The first kappa shape index (κ1) is 17.3. The van der Waals surface area contributed by atoms with Crippen LogP contribution in [0.3, 0.4) is 0 Å². The average Bonchev–Trinajstić information content (AvgIpc) is 3.28. The van der Waals surface area contributed by atoms with Crippen LogP contribution in [0.5, 0.6) is 0 Å². The summed E-state index contributed by atoms with van der Waals surface area (Å²) in [6.45, 7) is 3.50. The van der Waals surface area contributed by atoms with Crippen molar-refractivity contribution in [1.29, 1.82) is 0 Å². The van der Waals surface area contributed by atoms with E-state index in [9.17, 15) is 9.18 Å². The van der Waals surface area contributed by atoms with E-state index in [-0.39, 0.29) is 17.6 Å². The number of amides is 1. The fourth-order valence-corrected chi connectivity index (χ4v) is 4.39. The van der Waals surface area contributed by atoms with Crippen LogP contribution in [-0.4, -0.2) is 33.4 Å². The third-order valence-corrected chi connectivity index (χ3v) is 5.78. The number of nitrogens with zero attached hydrogens (tertiary/aromatic N) is 3. The standard InChI is InChI=1S/C21H26FN3O/c1-15(11-16-5-4-6-17(22)12-16)21(26)24-10-9-18(13-24)25-14-23-19-7-2-3-8-20(19)25/h4-6,12,14-15,18H,2-3,7-11,13H2,1H3. The summed E-state index contributed by atoms with van der Waals surface area (Å²) in [4.78, 5) is 19.4. The van der Waals surface area contributed by atoms with Gasteiger partial charge in [-0.3, -0.25) is 4.79 Å². The molecule has 2 aliphatic rings. The molecule has 1 aromatic carbocycles. The number of hydrogen-bond acceptors (Lipinski definition) is 2. The zero-order chi connectivity index (χ0) is 18.1. The van der Waals surface area contributed by atoms with Gasteiger partial charge < -0.3 is 9.47 Å². The van der Waals surface area contributed by atoms with Crippen molar-refractivity contribution >= 4 is 5.91 Å². The van der Waals surface area contributed by atoms with Crippen molar-refractivity contribution in [2.24, 2.45) is 5.92 Å². The molecule has 2 atom stereocenters. The molecule has 26 heavy (non-hydrogen) atoms. The van der Waals surface area contributed by atoms with Crippen molar-refractivity contribution < 1.29 is 9.18 Å². The molecule has 0 spiro atoms. The average molecular weight is 355 g/mol. The number of likely N-dealkylation sites (tertiary alicyclic amines) is 1. The van der Waals surface area contributed by atoms with Gasteiger partial charge in [-0.2, -0.15) is 0 Å². The predicted octanol–water partition coefficient (Wildman–Crippen LogP) is 3.55. The van der Waals surface area contributed by atoms with Gasteiger partial charge >= 0.3 is 0 Å². The molecule has 138 valence electrons. The van der Waals surface area contributed by atoms with E-state index in [2.05, 4.69) is 9.55 Å². The highest BCUT2D eigenvalue weighted by Crippen LogP contribution is 2.29. The van der Waals surface area contributed by atoms with Crippen LogP contribution < -0.4 is 0 Å². The van der Waals surface area contributed by atoms with E-state index < -0.39 is 0 Å². The van der Waals surface area contributed by atoms with E-state index >= 15 is 0 Å². The van der Waals surface area contributed by atoms with Crippen molar-refractivity contribution in [2.45, 2.75) is 51.5 Å². The topological polar surface area (TPSA) is 38.1 Å². The molecule has 0 N–H and O–H groups in total. The minimum Gasteiger partial charge on any atom is -0.340 e. The number of fused-ring (bicyclic) bond motifs is 1. The van der Waals surface area contributed by atoms with Crippen LogP contribution in [0.1, 0.15) is 49.2 Å². The number of hydrogen-bond donors (Lipinski definition) is 0. The second kappa shape index (κ2) is 7.22. The first-order valence-corrected chi connectivity index (χ1v) is 9.69. The Balaban J connectivity index is 1.40. The van der Waals surface area contributed by atoms with Gasteiger partial charge in [-0.25, -0.2) is 9.37 Å². The van der Waals surface area contributed by atoms with Crippen LogP contribution in [0.15, 0.2) is 30.6 Å². The van der Waals surface area contributed by atoms with E-state index in [0.29, 0.717) is 12.5 Å². The highest BCUT2D eigenvalue weighted by molar-refractivity contribution is 5.79. The van der Waals surface area contributed by atoms with E-state index in [0.717, 1.165) is 37.9 Å². The maximum atomic E-state index is 13.4. The Morgan fingerprint density at radius 1 is 1.35 bits per heavy atom. The fraction of sp³-hybridized carbons (Fsp3) is 0.524. The summed E-state index contributed by atoms with van der Waals surface area (Å²) in [6, 6.07) is 6.89. The molecule has 1 fully saturated rings. The Morgan fingerprint density at radius 3 is 3.04 bits per heavy atom. The minimum atomic E-state index is -0.242. The third kappa shape index (κ3) is 3.39. The molecule has 2 unspecified atom stereocenters. The third-order valence-electron chi connectivity index (χ3n) is 5.78. The SMILES string of the molecule is CC(Cc1cccc(F)c1)C(=O)N1CCC(n2cnc3c2CCCC3)C1. The number of aromatic nitrogens is 2. The molecular weight excluding hydrogens is 329 g/mol.